The number of aliphatic carboxylic acids is 1. The first-order chi connectivity index (χ1) is 7.04. The van der Waals surface area contributed by atoms with Crippen LogP contribution in [0.3, 0.4) is 0 Å². The summed E-state index contributed by atoms with van der Waals surface area (Å²) in [7, 11) is 0. The summed E-state index contributed by atoms with van der Waals surface area (Å²) in [5, 5.41) is 16.7. The van der Waals surface area contributed by atoms with E-state index < -0.39 is 17.0 Å². The van der Waals surface area contributed by atoms with Crippen LogP contribution >= 0.6 is 11.8 Å². The fourth-order valence-corrected chi connectivity index (χ4v) is 1.79. The highest BCUT2D eigenvalue weighted by Crippen LogP contribution is 2.27. The normalized spacial score (nSPS) is 11.8. The van der Waals surface area contributed by atoms with Gasteiger partial charge in [0.2, 0.25) is 0 Å². The van der Waals surface area contributed by atoms with Crippen LogP contribution in [-0.2, 0) is 4.79 Å². The summed E-state index contributed by atoms with van der Waals surface area (Å²) in [6.45, 7) is 1.51. The van der Waals surface area contributed by atoms with E-state index in [1.807, 2.05) is 6.07 Å². The monoisotopic (exact) mass is 225 g/mol. The van der Waals surface area contributed by atoms with Crippen LogP contribution < -0.4 is 0 Å². The van der Waals surface area contributed by atoms with Gasteiger partial charge in [-0.3, -0.25) is 4.79 Å². The fourth-order valence-electron chi connectivity index (χ4n) is 0.933. The van der Waals surface area contributed by atoms with Gasteiger partial charge in [0.05, 0.1) is 5.56 Å². The van der Waals surface area contributed by atoms with E-state index in [1.165, 1.54) is 19.1 Å². The predicted molar refractivity (Wildman–Crippen MR) is 54.1 cm³/mol. The minimum absolute atomic E-state index is 0.160. The summed E-state index contributed by atoms with van der Waals surface area (Å²) >= 11 is 1.02. The topological polar surface area (TPSA) is 61.1 Å². The van der Waals surface area contributed by atoms with Gasteiger partial charge in [0.15, 0.2) is 0 Å². The Morgan fingerprint density at radius 3 is 2.87 bits per heavy atom. The van der Waals surface area contributed by atoms with Crippen molar-refractivity contribution >= 4 is 17.7 Å². The Balaban J connectivity index is 2.96. The summed E-state index contributed by atoms with van der Waals surface area (Å²) < 4.78 is 12.8. The van der Waals surface area contributed by atoms with E-state index in [0.29, 0.717) is 4.90 Å². The van der Waals surface area contributed by atoms with Crippen molar-refractivity contribution in [3.63, 3.8) is 0 Å². The number of rotatable bonds is 3. The third-order valence-corrected chi connectivity index (χ3v) is 2.88. The number of hydrogen-bond donors (Lipinski definition) is 1. The van der Waals surface area contributed by atoms with Crippen molar-refractivity contribution in [2.45, 2.75) is 17.1 Å². The van der Waals surface area contributed by atoms with Crippen molar-refractivity contribution in [2.24, 2.45) is 0 Å². The average Bonchev–Trinajstić information content (AvgIpc) is 2.20. The molecule has 0 radical (unpaired) electrons. The Morgan fingerprint density at radius 1 is 1.67 bits per heavy atom. The van der Waals surface area contributed by atoms with Crippen molar-refractivity contribution < 1.29 is 14.3 Å². The molecule has 15 heavy (non-hydrogen) atoms. The summed E-state index contributed by atoms with van der Waals surface area (Å²) in [6, 6.07) is 5.54. The third kappa shape index (κ3) is 2.96. The highest BCUT2D eigenvalue weighted by atomic mass is 32.2. The number of benzene rings is 1. The molecule has 0 saturated heterocycles. The Hall–Kier alpha value is -1.54. The summed E-state index contributed by atoms with van der Waals surface area (Å²) in [6.07, 6.45) is 0. The van der Waals surface area contributed by atoms with Crippen LogP contribution in [0.1, 0.15) is 12.5 Å². The molecule has 0 saturated carbocycles. The lowest BCUT2D eigenvalue weighted by atomic mass is 10.2. The van der Waals surface area contributed by atoms with Gasteiger partial charge in [0.1, 0.15) is 17.1 Å². The molecule has 78 valence electrons. The first kappa shape index (κ1) is 11.5. The van der Waals surface area contributed by atoms with E-state index in [0.717, 1.165) is 17.8 Å². The van der Waals surface area contributed by atoms with Gasteiger partial charge in [-0.25, -0.2) is 4.39 Å². The first-order valence-corrected chi connectivity index (χ1v) is 5.01. The molecular weight excluding hydrogens is 217 g/mol. The first-order valence-electron chi connectivity index (χ1n) is 4.13. The zero-order valence-electron chi connectivity index (χ0n) is 7.90. The number of hydrogen-bond acceptors (Lipinski definition) is 3. The van der Waals surface area contributed by atoms with Crippen molar-refractivity contribution in [1.29, 1.82) is 5.26 Å². The molecular formula is C10H8FNO2S. The van der Waals surface area contributed by atoms with Crippen LogP contribution in [0, 0.1) is 17.1 Å². The molecule has 0 aromatic heterocycles. The van der Waals surface area contributed by atoms with Crippen LogP contribution in [0.25, 0.3) is 0 Å². The van der Waals surface area contributed by atoms with Gasteiger partial charge in [-0.05, 0) is 25.1 Å². The lowest BCUT2D eigenvalue weighted by Crippen LogP contribution is -2.11. The van der Waals surface area contributed by atoms with Crippen molar-refractivity contribution in [1.82, 2.24) is 0 Å². The Morgan fingerprint density at radius 2 is 2.33 bits per heavy atom. The highest BCUT2D eigenvalue weighted by Gasteiger charge is 2.14. The minimum atomic E-state index is -0.965. The number of carbonyl (C=O) groups is 1. The van der Waals surface area contributed by atoms with Crippen molar-refractivity contribution in [2.75, 3.05) is 0 Å². The highest BCUT2D eigenvalue weighted by molar-refractivity contribution is 8.00. The smallest absolute Gasteiger partial charge is 0.316 e. The standard InChI is InChI=1S/C10H8FNO2S/c1-6(10(13)14)15-9-3-2-8(11)4-7(9)5-12/h2-4,6H,1H3,(H,13,14). The van der Waals surface area contributed by atoms with Crippen LogP contribution in [0.5, 0.6) is 0 Å². The molecule has 0 aliphatic heterocycles. The number of nitrogens with zero attached hydrogens (tertiary/aromatic N) is 1. The summed E-state index contributed by atoms with van der Waals surface area (Å²) in [4.78, 5) is 11.1. The number of carboxylic acid groups (broad SMARTS) is 1. The van der Waals surface area contributed by atoms with Gasteiger partial charge in [-0.15, -0.1) is 11.8 Å². The lowest BCUT2D eigenvalue weighted by Gasteiger charge is -2.07. The van der Waals surface area contributed by atoms with E-state index in [-0.39, 0.29) is 5.56 Å². The van der Waals surface area contributed by atoms with Crippen LogP contribution in [0.15, 0.2) is 23.1 Å². The van der Waals surface area contributed by atoms with Crippen molar-refractivity contribution in [3.8, 4) is 6.07 Å². The second kappa shape index (κ2) is 4.80. The fraction of sp³-hybridized carbons (Fsp3) is 0.200. The molecule has 1 atom stereocenters. The van der Waals surface area contributed by atoms with Gasteiger partial charge in [-0.1, -0.05) is 0 Å². The Bertz CT molecular complexity index is 428. The molecule has 5 heteroatoms. The van der Waals surface area contributed by atoms with Gasteiger partial charge in [0, 0.05) is 4.90 Å². The summed E-state index contributed by atoms with van der Waals surface area (Å²) in [5.41, 5.74) is 0.160. The maximum atomic E-state index is 12.8. The van der Waals surface area contributed by atoms with E-state index in [4.69, 9.17) is 10.4 Å². The Labute approximate surface area is 90.5 Å². The number of halogens is 1. The molecule has 1 N–H and O–H groups in total. The predicted octanol–water partition coefficient (Wildman–Crippen LogP) is 2.26. The maximum Gasteiger partial charge on any atom is 0.316 e. The molecule has 0 aliphatic carbocycles. The molecule has 1 aromatic rings. The van der Waals surface area contributed by atoms with Gasteiger partial charge < -0.3 is 5.11 Å². The van der Waals surface area contributed by atoms with E-state index in [1.54, 1.807) is 0 Å². The molecule has 0 spiro atoms. The average molecular weight is 225 g/mol. The molecule has 0 bridgehead atoms. The quantitative estimate of drug-likeness (QED) is 0.801. The molecule has 3 nitrogen and oxygen atoms in total. The van der Waals surface area contributed by atoms with Crippen LogP contribution in [0.2, 0.25) is 0 Å². The molecule has 0 amide bonds. The van der Waals surface area contributed by atoms with Crippen molar-refractivity contribution in [3.05, 3.63) is 29.6 Å². The number of thioether (sulfide) groups is 1. The largest absolute Gasteiger partial charge is 0.480 e. The molecule has 1 rings (SSSR count). The molecule has 0 heterocycles. The van der Waals surface area contributed by atoms with Gasteiger partial charge in [-0.2, -0.15) is 5.26 Å². The SMILES string of the molecule is CC(Sc1ccc(F)cc1C#N)C(=O)O. The third-order valence-electron chi connectivity index (χ3n) is 1.71. The second-order valence-electron chi connectivity index (χ2n) is 2.85. The molecule has 1 unspecified atom stereocenters. The van der Waals surface area contributed by atoms with E-state index in [9.17, 15) is 9.18 Å². The maximum absolute atomic E-state index is 12.8. The zero-order valence-corrected chi connectivity index (χ0v) is 8.71. The lowest BCUT2D eigenvalue weighted by molar-refractivity contribution is -0.136. The van der Waals surface area contributed by atoms with E-state index in [2.05, 4.69) is 0 Å². The van der Waals surface area contributed by atoms with Gasteiger partial charge >= 0.3 is 5.97 Å². The molecule has 0 fully saturated rings. The van der Waals surface area contributed by atoms with E-state index >= 15 is 0 Å². The number of carboxylic acids is 1. The Kier molecular flexibility index (Phi) is 3.69. The van der Waals surface area contributed by atoms with Crippen LogP contribution in [-0.4, -0.2) is 16.3 Å². The zero-order chi connectivity index (χ0) is 11.4. The number of nitriles is 1. The molecule has 1 aromatic carbocycles. The molecule has 0 aliphatic rings. The second-order valence-corrected chi connectivity index (χ2v) is 4.23. The minimum Gasteiger partial charge on any atom is -0.480 e. The summed E-state index contributed by atoms with van der Waals surface area (Å²) in [5.74, 6) is -1.47. The van der Waals surface area contributed by atoms with Gasteiger partial charge in [0.25, 0.3) is 0 Å². The van der Waals surface area contributed by atoms with Crippen LogP contribution in [0.4, 0.5) is 4.39 Å².